The number of carbonyl (C=O) groups is 4. The second-order valence-corrected chi connectivity index (χ2v) is 4.58. The van der Waals surface area contributed by atoms with E-state index in [1.54, 1.807) is 24.3 Å². The minimum Gasteiger partial charge on any atom is -0.351 e. The average Bonchev–Trinajstić information content (AvgIpc) is 2.92. The molecule has 3 rings (SSSR count). The highest BCUT2D eigenvalue weighted by molar-refractivity contribution is 6.18. The van der Waals surface area contributed by atoms with E-state index in [-0.39, 0.29) is 11.4 Å². The quantitative estimate of drug-likeness (QED) is 0.562. The first kappa shape index (κ1) is 13.6. The van der Waals surface area contributed by atoms with Gasteiger partial charge in [0.1, 0.15) is 11.4 Å². The van der Waals surface area contributed by atoms with Crippen molar-refractivity contribution in [3.05, 3.63) is 47.8 Å². The molecule has 0 fully saturated rings. The Labute approximate surface area is 124 Å². The molecule has 2 heterocycles. The molecule has 8 nitrogen and oxygen atoms in total. The smallest absolute Gasteiger partial charge is 0.274 e. The predicted molar refractivity (Wildman–Crippen MR) is 76.2 cm³/mol. The van der Waals surface area contributed by atoms with Crippen LogP contribution in [-0.2, 0) is 19.2 Å². The highest BCUT2D eigenvalue weighted by atomic mass is 16.2. The second-order valence-electron chi connectivity index (χ2n) is 4.58. The summed E-state index contributed by atoms with van der Waals surface area (Å²) in [5.41, 5.74) is 1.36. The molecule has 22 heavy (non-hydrogen) atoms. The van der Waals surface area contributed by atoms with Gasteiger partial charge in [0.05, 0.1) is 0 Å². The molecule has 110 valence electrons. The largest absolute Gasteiger partial charge is 0.351 e. The number of benzene rings is 1. The minimum atomic E-state index is -0.508. The second kappa shape index (κ2) is 5.17. The van der Waals surface area contributed by atoms with Crippen molar-refractivity contribution < 1.29 is 19.2 Å². The Hall–Kier alpha value is -3.42. The van der Waals surface area contributed by atoms with Gasteiger partial charge in [-0.2, -0.15) is 0 Å². The number of nitrogens with one attached hydrogen (secondary N) is 4. The average molecular weight is 298 g/mol. The zero-order valence-corrected chi connectivity index (χ0v) is 11.1. The monoisotopic (exact) mass is 298 g/mol. The van der Waals surface area contributed by atoms with E-state index in [1.807, 2.05) is 0 Å². The molecular weight excluding hydrogens is 288 g/mol. The highest BCUT2D eigenvalue weighted by Gasteiger charge is 2.22. The first-order valence-electron chi connectivity index (χ1n) is 6.29. The molecule has 0 unspecified atom stereocenters. The van der Waals surface area contributed by atoms with Crippen LogP contribution < -0.4 is 21.3 Å². The Bertz CT molecular complexity index is 718. The zero-order chi connectivity index (χ0) is 15.7. The number of imide groups is 2. The van der Waals surface area contributed by atoms with Crippen LogP contribution in [0.1, 0.15) is 0 Å². The maximum Gasteiger partial charge on any atom is 0.274 e. The molecule has 0 saturated heterocycles. The lowest BCUT2D eigenvalue weighted by atomic mass is 10.2. The van der Waals surface area contributed by atoms with E-state index in [2.05, 4.69) is 21.3 Å². The van der Waals surface area contributed by atoms with Gasteiger partial charge in [0.15, 0.2) is 0 Å². The number of rotatable bonds is 4. The number of hydrogen-bond acceptors (Lipinski definition) is 6. The van der Waals surface area contributed by atoms with Crippen LogP contribution in [0.4, 0.5) is 11.4 Å². The maximum atomic E-state index is 11.5. The molecule has 0 spiro atoms. The summed E-state index contributed by atoms with van der Waals surface area (Å²) in [4.78, 5) is 45.1. The summed E-state index contributed by atoms with van der Waals surface area (Å²) in [6, 6.07) is 6.70. The lowest BCUT2D eigenvalue weighted by Gasteiger charge is -2.09. The summed E-state index contributed by atoms with van der Waals surface area (Å²) in [6.07, 6.45) is 2.32. The fraction of sp³-hybridized carbons (Fsp3) is 0. The minimum absolute atomic E-state index is 0.134. The molecule has 2 aliphatic rings. The van der Waals surface area contributed by atoms with Crippen LogP contribution in [0, 0.1) is 0 Å². The van der Waals surface area contributed by atoms with Crippen LogP contribution >= 0.6 is 0 Å². The number of anilines is 2. The Balaban J connectivity index is 1.76. The first-order valence-corrected chi connectivity index (χ1v) is 6.29. The van der Waals surface area contributed by atoms with Gasteiger partial charge in [-0.05, 0) is 18.2 Å². The Kier molecular flexibility index (Phi) is 3.18. The van der Waals surface area contributed by atoms with Crippen molar-refractivity contribution in [3.8, 4) is 0 Å². The summed E-state index contributed by atoms with van der Waals surface area (Å²) in [7, 11) is 0. The maximum absolute atomic E-state index is 11.5. The summed E-state index contributed by atoms with van der Waals surface area (Å²) < 4.78 is 0. The van der Waals surface area contributed by atoms with Crippen molar-refractivity contribution in [2.24, 2.45) is 0 Å². The Morgan fingerprint density at radius 2 is 1.18 bits per heavy atom. The van der Waals surface area contributed by atoms with Crippen molar-refractivity contribution in [3.63, 3.8) is 0 Å². The molecule has 1 aromatic carbocycles. The van der Waals surface area contributed by atoms with Crippen LogP contribution in [0.5, 0.6) is 0 Å². The van der Waals surface area contributed by atoms with Crippen molar-refractivity contribution in [1.82, 2.24) is 10.6 Å². The predicted octanol–water partition coefficient (Wildman–Crippen LogP) is -0.409. The van der Waals surface area contributed by atoms with Gasteiger partial charge in [-0.3, -0.25) is 29.8 Å². The van der Waals surface area contributed by atoms with Gasteiger partial charge < -0.3 is 10.6 Å². The molecule has 0 saturated carbocycles. The summed E-state index contributed by atoms with van der Waals surface area (Å²) in [5.74, 6) is -1.97. The topological polar surface area (TPSA) is 116 Å². The third-order valence-corrected chi connectivity index (χ3v) is 2.93. The van der Waals surface area contributed by atoms with E-state index in [1.165, 1.54) is 0 Å². The van der Waals surface area contributed by atoms with E-state index in [0.29, 0.717) is 11.4 Å². The van der Waals surface area contributed by atoms with E-state index < -0.39 is 23.6 Å². The van der Waals surface area contributed by atoms with E-state index >= 15 is 0 Å². The van der Waals surface area contributed by atoms with Crippen molar-refractivity contribution in [2.45, 2.75) is 0 Å². The number of amides is 4. The van der Waals surface area contributed by atoms with Gasteiger partial charge in [0.2, 0.25) is 0 Å². The molecule has 4 N–H and O–H groups in total. The van der Waals surface area contributed by atoms with Crippen LogP contribution in [0.3, 0.4) is 0 Å². The summed E-state index contributed by atoms with van der Waals surface area (Å²) in [5, 5.41) is 9.86. The lowest BCUT2D eigenvalue weighted by molar-refractivity contribution is -0.125. The van der Waals surface area contributed by atoms with Crippen molar-refractivity contribution >= 4 is 35.0 Å². The van der Waals surface area contributed by atoms with Crippen LogP contribution in [0.2, 0.25) is 0 Å². The lowest BCUT2D eigenvalue weighted by Crippen LogP contribution is -2.24. The molecule has 0 aliphatic carbocycles. The van der Waals surface area contributed by atoms with Gasteiger partial charge in [0, 0.05) is 23.5 Å². The van der Waals surface area contributed by atoms with Gasteiger partial charge in [0.25, 0.3) is 23.6 Å². The number of hydrogen-bond donors (Lipinski definition) is 4. The van der Waals surface area contributed by atoms with Crippen molar-refractivity contribution in [1.29, 1.82) is 0 Å². The van der Waals surface area contributed by atoms with Crippen LogP contribution in [0.15, 0.2) is 47.8 Å². The number of carbonyl (C=O) groups excluding carboxylic acids is 4. The van der Waals surface area contributed by atoms with Gasteiger partial charge >= 0.3 is 0 Å². The van der Waals surface area contributed by atoms with Gasteiger partial charge in [-0.25, -0.2) is 0 Å². The fourth-order valence-electron chi connectivity index (χ4n) is 2.00. The SMILES string of the molecule is O=C1C=C(Nc2cccc(NC3=CC(=O)NC3=O)c2)C(=O)N1. The molecule has 0 bridgehead atoms. The molecule has 0 radical (unpaired) electrons. The Morgan fingerprint density at radius 3 is 1.55 bits per heavy atom. The molecule has 4 amide bonds. The molecule has 2 aliphatic heterocycles. The highest BCUT2D eigenvalue weighted by Crippen LogP contribution is 2.19. The van der Waals surface area contributed by atoms with E-state index in [9.17, 15) is 19.2 Å². The van der Waals surface area contributed by atoms with Crippen LogP contribution in [-0.4, -0.2) is 23.6 Å². The summed E-state index contributed by atoms with van der Waals surface area (Å²) in [6.45, 7) is 0. The third kappa shape index (κ3) is 2.70. The van der Waals surface area contributed by atoms with Crippen LogP contribution in [0.25, 0.3) is 0 Å². The molecule has 1 aromatic rings. The normalized spacial score (nSPS) is 16.9. The molecule has 8 heteroatoms. The Morgan fingerprint density at radius 1 is 0.727 bits per heavy atom. The standard InChI is InChI=1S/C14H10N4O4/c19-11-5-9(13(21)17-11)15-7-2-1-3-8(4-7)16-10-6-12(20)18-14(10)22/h1-6H,(H2,15,17,19,21)(H2,16,18,20,22). The van der Waals surface area contributed by atoms with Crippen molar-refractivity contribution in [2.75, 3.05) is 10.6 Å². The van der Waals surface area contributed by atoms with E-state index in [0.717, 1.165) is 12.2 Å². The van der Waals surface area contributed by atoms with E-state index in [4.69, 9.17) is 0 Å². The molecule has 0 aromatic heterocycles. The first-order chi connectivity index (χ1) is 10.5. The zero-order valence-electron chi connectivity index (χ0n) is 11.1. The summed E-state index contributed by atoms with van der Waals surface area (Å²) >= 11 is 0. The third-order valence-electron chi connectivity index (χ3n) is 2.93. The molecule has 0 atom stereocenters. The van der Waals surface area contributed by atoms with Gasteiger partial charge in [-0.15, -0.1) is 0 Å². The van der Waals surface area contributed by atoms with Gasteiger partial charge in [-0.1, -0.05) is 6.07 Å². The fourth-order valence-corrected chi connectivity index (χ4v) is 2.00. The molecular formula is C14H10N4O4.